The van der Waals surface area contributed by atoms with Crippen LogP contribution < -0.4 is 0 Å². The fourth-order valence-electron chi connectivity index (χ4n) is 1.64. The van der Waals surface area contributed by atoms with Gasteiger partial charge in [0.25, 0.3) is 0 Å². The van der Waals surface area contributed by atoms with Gasteiger partial charge in [-0.15, -0.1) is 6.42 Å². The van der Waals surface area contributed by atoms with Crippen LogP contribution in [-0.2, 0) is 14.6 Å². The van der Waals surface area contributed by atoms with Gasteiger partial charge in [-0.05, 0) is 0 Å². The average molecular weight is 231 g/mol. The molecule has 0 saturated carbocycles. The summed E-state index contributed by atoms with van der Waals surface area (Å²) in [5.74, 6) is 1.36. The van der Waals surface area contributed by atoms with E-state index in [1.165, 1.54) is 0 Å². The zero-order chi connectivity index (χ0) is 11.5. The predicted molar refractivity (Wildman–Crippen MR) is 55.1 cm³/mol. The first-order valence-corrected chi connectivity index (χ1v) is 6.36. The van der Waals surface area contributed by atoms with Gasteiger partial charge in [0, 0.05) is 12.6 Å². The lowest BCUT2D eigenvalue weighted by atomic mass is 10.2. The van der Waals surface area contributed by atoms with Crippen molar-refractivity contribution in [2.75, 3.05) is 24.6 Å². The van der Waals surface area contributed by atoms with E-state index in [1.807, 2.05) is 0 Å². The van der Waals surface area contributed by atoms with Gasteiger partial charge in [0.05, 0.1) is 24.5 Å². The van der Waals surface area contributed by atoms with Gasteiger partial charge < -0.3 is 5.11 Å². The summed E-state index contributed by atoms with van der Waals surface area (Å²) in [7, 11) is -3.10. The summed E-state index contributed by atoms with van der Waals surface area (Å²) in [6.07, 6.45) is 4.95. The van der Waals surface area contributed by atoms with E-state index in [4.69, 9.17) is 11.5 Å². The van der Waals surface area contributed by atoms with Crippen molar-refractivity contribution in [1.29, 1.82) is 0 Å². The summed E-state index contributed by atoms with van der Waals surface area (Å²) in [5, 5.41) is 8.65. The highest BCUT2D eigenvalue weighted by Crippen LogP contribution is 2.14. The van der Waals surface area contributed by atoms with Crippen molar-refractivity contribution >= 4 is 15.8 Å². The van der Waals surface area contributed by atoms with Crippen LogP contribution in [0, 0.1) is 12.3 Å². The van der Waals surface area contributed by atoms with E-state index in [0.29, 0.717) is 13.1 Å². The van der Waals surface area contributed by atoms with E-state index < -0.39 is 21.8 Å². The maximum Gasteiger partial charge on any atom is 0.304 e. The fraction of sp³-hybridized carbons (Fsp3) is 0.667. The summed E-state index contributed by atoms with van der Waals surface area (Å²) in [6.45, 7) is 0.623. The summed E-state index contributed by atoms with van der Waals surface area (Å²) in [4.78, 5) is 12.3. The molecule has 1 aliphatic rings. The first-order valence-electron chi connectivity index (χ1n) is 4.54. The topological polar surface area (TPSA) is 74.7 Å². The second-order valence-electron chi connectivity index (χ2n) is 3.54. The Bertz CT molecular complexity index is 381. The quantitative estimate of drug-likeness (QED) is 0.643. The predicted octanol–water partition coefficient (Wildman–Crippen LogP) is -0.807. The summed E-state index contributed by atoms with van der Waals surface area (Å²) < 4.78 is 22.6. The molecule has 1 heterocycles. The summed E-state index contributed by atoms with van der Waals surface area (Å²) >= 11 is 0. The van der Waals surface area contributed by atoms with E-state index in [0.717, 1.165) is 0 Å². The Morgan fingerprint density at radius 3 is 2.80 bits per heavy atom. The highest BCUT2D eigenvalue weighted by atomic mass is 32.2. The van der Waals surface area contributed by atoms with E-state index in [1.54, 1.807) is 4.90 Å². The van der Waals surface area contributed by atoms with E-state index in [9.17, 15) is 13.2 Å². The largest absolute Gasteiger partial charge is 0.481 e. The number of hydrogen-bond donors (Lipinski definition) is 1. The molecular weight excluding hydrogens is 218 g/mol. The molecule has 0 aliphatic carbocycles. The maximum atomic E-state index is 11.3. The minimum absolute atomic E-state index is 0.0603. The molecule has 1 rings (SSSR count). The molecule has 1 atom stereocenters. The zero-order valence-corrected chi connectivity index (χ0v) is 9.03. The monoisotopic (exact) mass is 231 g/mol. The number of carboxylic acid groups (broad SMARTS) is 1. The number of terminal acetylenes is 1. The third kappa shape index (κ3) is 3.53. The standard InChI is InChI=1S/C9H13NO4S/c1-2-3-10-4-5-15(13,14)7-8(10)6-9(11)12/h1,8H,3-7H2,(H,11,12)/t8-/m1/s1. The molecule has 6 heteroatoms. The molecule has 0 bridgehead atoms. The van der Waals surface area contributed by atoms with Gasteiger partial charge in [-0.25, -0.2) is 8.42 Å². The van der Waals surface area contributed by atoms with Crippen LogP contribution in [0.15, 0.2) is 0 Å². The van der Waals surface area contributed by atoms with Crippen LogP contribution in [0.3, 0.4) is 0 Å². The van der Waals surface area contributed by atoms with Gasteiger partial charge in [-0.2, -0.15) is 0 Å². The van der Waals surface area contributed by atoms with Crippen LogP contribution in [0.1, 0.15) is 6.42 Å². The lowest BCUT2D eigenvalue weighted by molar-refractivity contribution is -0.138. The second-order valence-corrected chi connectivity index (χ2v) is 5.77. The minimum atomic E-state index is -3.10. The average Bonchev–Trinajstić information content (AvgIpc) is 2.08. The first kappa shape index (κ1) is 12.0. The minimum Gasteiger partial charge on any atom is -0.481 e. The van der Waals surface area contributed by atoms with Crippen LogP contribution in [0.4, 0.5) is 0 Å². The third-order valence-corrected chi connectivity index (χ3v) is 4.05. The Morgan fingerprint density at radius 1 is 1.60 bits per heavy atom. The SMILES string of the molecule is C#CCN1CCS(=O)(=O)C[C@H]1CC(=O)O. The number of nitrogens with zero attached hydrogens (tertiary/aromatic N) is 1. The number of carboxylic acids is 1. The van der Waals surface area contributed by atoms with Gasteiger partial charge in [-0.3, -0.25) is 9.69 Å². The van der Waals surface area contributed by atoms with Crippen molar-refractivity contribution in [1.82, 2.24) is 4.90 Å². The molecule has 0 amide bonds. The Kier molecular flexibility index (Phi) is 3.72. The second kappa shape index (κ2) is 4.64. The third-order valence-electron chi connectivity index (χ3n) is 2.36. The Labute approximate surface area is 89.0 Å². The molecule has 1 saturated heterocycles. The Balaban J connectivity index is 2.74. The molecule has 84 valence electrons. The molecular formula is C9H13NO4S. The number of hydrogen-bond acceptors (Lipinski definition) is 4. The summed E-state index contributed by atoms with van der Waals surface area (Å²) in [5.41, 5.74) is 0. The van der Waals surface area contributed by atoms with Gasteiger partial charge in [0.1, 0.15) is 0 Å². The van der Waals surface area contributed by atoms with Gasteiger partial charge in [0.2, 0.25) is 0 Å². The van der Waals surface area contributed by atoms with Crippen molar-refractivity contribution in [3.63, 3.8) is 0 Å². The molecule has 0 unspecified atom stereocenters. The van der Waals surface area contributed by atoms with E-state index >= 15 is 0 Å². The van der Waals surface area contributed by atoms with Crippen LogP contribution in [0.5, 0.6) is 0 Å². The van der Waals surface area contributed by atoms with Crippen LogP contribution in [0.2, 0.25) is 0 Å². The van der Waals surface area contributed by atoms with Crippen LogP contribution in [-0.4, -0.2) is 55.0 Å². The van der Waals surface area contributed by atoms with E-state index in [2.05, 4.69) is 5.92 Å². The Morgan fingerprint density at radius 2 is 2.27 bits per heavy atom. The van der Waals surface area contributed by atoms with Crippen molar-refractivity contribution in [3.05, 3.63) is 0 Å². The van der Waals surface area contributed by atoms with Crippen molar-refractivity contribution in [2.24, 2.45) is 0 Å². The number of rotatable bonds is 3. The van der Waals surface area contributed by atoms with E-state index in [-0.39, 0.29) is 17.9 Å². The molecule has 5 nitrogen and oxygen atoms in total. The molecule has 1 aliphatic heterocycles. The molecule has 0 spiro atoms. The maximum absolute atomic E-state index is 11.3. The number of carbonyl (C=O) groups is 1. The molecule has 15 heavy (non-hydrogen) atoms. The lowest BCUT2D eigenvalue weighted by Crippen LogP contribution is -2.49. The number of aliphatic carboxylic acids is 1. The molecule has 1 N–H and O–H groups in total. The fourth-order valence-corrected chi connectivity index (χ4v) is 3.23. The molecule has 0 aromatic rings. The van der Waals surface area contributed by atoms with Crippen molar-refractivity contribution in [3.8, 4) is 12.3 Å². The van der Waals surface area contributed by atoms with Crippen LogP contribution in [0.25, 0.3) is 0 Å². The highest BCUT2D eigenvalue weighted by molar-refractivity contribution is 7.91. The molecule has 0 radical (unpaired) electrons. The molecule has 1 fully saturated rings. The Hall–Kier alpha value is -1.06. The normalized spacial score (nSPS) is 25.7. The van der Waals surface area contributed by atoms with Gasteiger partial charge >= 0.3 is 5.97 Å². The van der Waals surface area contributed by atoms with Crippen molar-refractivity contribution < 1.29 is 18.3 Å². The van der Waals surface area contributed by atoms with Crippen LogP contribution >= 0.6 is 0 Å². The smallest absolute Gasteiger partial charge is 0.304 e. The molecule has 0 aromatic carbocycles. The number of sulfone groups is 1. The van der Waals surface area contributed by atoms with Gasteiger partial charge in [-0.1, -0.05) is 5.92 Å². The van der Waals surface area contributed by atoms with Crippen molar-refractivity contribution in [2.45, 2.75) is 12.5 Å². The molecule has 0 aromatic heterocycles. The lowest BCUT2D eigenvalue weighted by Gasteiger charge is -2.32. The van der Waals surface area contributed by atoms with Gasteiger partial charge in [0.15, 0.2) is 9.84 Å². The zero-order valence-electron chi connectivity index (χ0n) is 8.22. The first-order chi connectivity index (χ1) is 6.94. The highest BCUT2D eigenvalue weighted by Gasteiger charge is 2.31. The summed E-state index contributed by atoms with van der Waals surface area (Å²) in [6, 6.07) is -0.489.